The van der Waals surface area contributed by atoms with Crippen LogP contribution in [0.25, 0.3) is 56.1 Å². The van der Waals surface area contributed by atoms with Crippen LogP contribution in [0.2, 0.25) is 0 Å². The SMILES string of the molecule is C1=CC(C2=CC3NC(c4ccc5c(c4)NC(C4C=C(c6ccccc6)N=C(c6ccccc6)N4)C=C5)=CC=C3C=C2)CC=C1c1ccc2ccc3ccc(-c4ccccc4)nc3c2n1. The zero-order valence-electron chi connectivity index (χ0n) is 35.1. The number of hydrogen-bond acceptors (Lipinski definition) is 6. The first-order valence-corrected chi connectivity index (χ1v) is 22.2. The predicted octanol–water partition coefficient (Wildman–Crippen LogP) is 12.1. The molecule has 0 spiro atoms. The van der Waals surface area contributed by atoms with Gasteiger partial charge in [-0.05, 0) is 70.2 Å². The Balaban J connectivity index is 0.750. The van der Waals surface area contributed by atoms with Gasteiger partial charge in [-0.3, -0.25) is 0 Å². The highest BCUT2D eigenvalue weighted by molar-refractivity contribution is 6.05. The standard InChI is InChI=1S/C58H44N6/c1-4-10-38(11-5-1)48-31-28-43-22-23-44-29-32-49(62-57(44)56(43)61-48)40-18-16-37(17-19-40)46-24-20-41-26-30-50(59-52(41)34-46)47-25-21-42-27-33-51(60-53(42)35-47)55-36-54(39-12-6-2-7-13-39)63-58(64-55)45-14-8-3-9-15-45/h1-16,18-37,51-52,55,59-60H,17H2,(H,63,64). The Morgan fingerprint density at radius 1 is 0.500 bits per heavy atom. The van der Waals surface area contributed by atoms with Crippen LogP contribution >= 0.6 is 0 Å². The number of rotatable bonds is 7. The molecule has 0 fully saturated rings. The molecular weight excluding hydrogens is 781 g/mol. The van der Waals surface area contributed by atoms with Gasteiger partial charge in [-0.1, -0.05) is 182 Å². The van der Waals surface area contributed by atoms with Gasteiger partial charge in [0.15, 0.2) is 0 Å². The summed E-state index contributed by atoms with van der Waals surface area (Å²) < 4.78 is 0. The van der Waals surface area contributed by atoms with E-state index in [1.54, 1.807) is 0 Å². The van der Waals surface area contributed by atoms with E-state index in [-0.39, 0.29) is 24.0 Å². The number of aromatic nitrogens is 2. The molecule has 3 N–H and O–H groups in total. The van der Waals surface area contributed by atoms with Crippen LogP contribution in [0.3, 0.4) is 0 Å². The summed E-state index contributed by atoms with van der Waals surface area (Å²) in [6.45, 7) is 0. The molecule has 2 aliphatic carbocycles. The van der Waals surface area contributed by atoms with E-state index >= 15 is 0 Å². The Kier molecular flexibility index (Phi) is 9.41. The number of hydrogen-bond donors (Lipinski definition) is 3. The topological polar surface area (TPSA) is 74.2 Å². The lowest BCUT2D eigenvalue weighted by atomic mass is 9.83. The number of benzene rings is 5. The van der Waals surface area contributed by atoms with E-state index in [1.165, 1.54) is 16.7 Å². The zero-order chi connectivity index (χ0) is 42.4. The summed E-state index contributed by atoms with van der Waals surface area (Å²) >= 11 is 0. The Labute approximate surface area is 372 Å². The minimum atomic E-state index is -0.0130. The number of nitrogens with one attached hydrogen (secondary N) is 3. The average molecular weight is 825 g/mol. The Morgan fingerprint density at radius 2 is 1.19 bits per heavy atom. The molecule has 6 heteroatoms. The Bertz CT molecular complexity index is 3280. The maximum Gasteiger partial charge on any atom is 0.134 e. The number of aliphatic imine (C=N–C) groups is 1. The predicted molar refractivity (Wildman–Crippen MR) is 265 cm³/mol. The molecule has 306 valence electrons. The van der Waals surface area contributed by atoms with Crippen LogP contribution in [0.4, 0.5) is 5.69 Å². The highest BCUT2D eigenvalue weighted by Gasteiger charge is 2.28. The van der Waals surface area contributed by atoms with Crippen LogP contribution in [0.1, 0.15) is 34.4 Å². The molecule has 64 heavy (non-hydrogen) atoms. The van der Waals surface area contributed by atoms with Crippen LogP contribution in [0.5, 0.6) is 0 Å². The van der Waals surface area contributed by atoms with Crippen molar-refractivity contribution in [2.45, 2.75) is 24.5 Å². The lowest BCUT2D eigenvalue weighted by Gasteiger charge is -2.33. The first-order valence-electron chi connectivity index (χ1n) is 22.2. The highest BCUT2D eigenvalue weighted by atomic mass is 15.1. The lowest BCUT2D eigenvalue weighted by molar-refractivity contribution is 0.669. The van der Waals surface area contributed by atoms with Gasteiger partial charge in [-0.15, -0.1) is 0 Å². The minimum absolute atomic E-state index is 0.0130. The van der Waals surface area contributed by atoms with Crippen LogP contribution in [0, 0.1) is 5.92 Å². The first-order chi connectivity index (χ1) is 31.6. The lowest BCUT2D eigenvalue weighted by Crippen LogP contribution is -2.47. The van der Waals surface area contributed by atoms with Crippen molar-refractivity contribution in [3.8, 4) is 11.3 Å². The summed E-state index contributed by atoms with van der Waals surface area (Å²) in [4.78, 5) is 15.4. The van der Waals surface area contributed by atoms with Gasteiger partial charge in [-0.25, -0.2) is 15.0 Å². The van der Waals surface area contributed by atoms with E-state index in [9.17, 15) is 0 Å². The summed E-state index contributed by atoms with van der Waals surface area (Å²) in [5.74, 6) is 1.16. The van der Waals surface area contributed by atoms with Gasteiger partial charge < -0.3 is 16.0 Å². The fraction of sp³-hybridized carbons (Fsp3) is 0.0862. The third-order valence-corrected chi connectivity index (χ3v) is 12.9. The fourth-order valence-electron chi connectivity index (χ4n) is 9.41. The van der Waals surface area contributed by atoms with Crippen LogP contribution in [-0.4, -0.2) is 33.9 Å². The molecule has 0 saturated carbocycles. The van der Waals surface area contributed by atoms with E-state index in [0.717, 1.165) is 90.4 Å². The monoisotopic (exact) mass is 824 g/mol. The molecule has 0 amide bonds. The maximum absolute atomic E-state index is 5.22. The van der Waals surface area contributed by atoms with E-state index < -0.39 is 0 Å². The van der Waals surface area contributed by atoms with E-state index in [4.69, 9.17) is 15.0 Å². The molecule has 0 saturated heterocycles. The molecule has 6 nitrogen and oxygen atoms in total. The molecule has 12 rings (SSSR count). The van der Waals surface area contributed by atoms with Gasteiger partial charge in [0.25, 0.3) is 0 Å². The van der Waals surface area contributed by atoms with Crippen molar-refractivity contribution in [3.63, 3.8) is 0 Å². The van der Waals surface area contributed by atoms with Crippen molar-refractivity contribution in [3.05, 3.63) is 245 Å². The number of amidine groups is 1. The molecule has 4 atom stereocenters. The fourth-order valence-corrected chi connectivity index (χ4v) is 9.41. The second-order valence-electron chi connectivity index (χ2n) is 16.9. The molecule has 0 radical (unpaired) electrons. The number of nitrogens with zero attached hydrogens (tertiary/aromatic N) is 3. The number of fused-ring (bicyclic) bond motifs is 5. The summed E-state index contributed by atoms with van der Waals surface area (Å²) in [5, 5.41) is 13.7. The molecule has 0 bridgehead atoms. The van der Waals surface area contributed by atoms with Crippen molar-refractivity contribution in [1.29, 1.82) is 0 Å². The minimum Gasteiger partial charge on any atom is -0.376 e. The Morgan fingerprint density at radius 3 is 1.94 bits per heavy atom. The smallest absolute Gasteiger partial charge is 0.134 e. The average Bonchev–Trinajstić information content (AvgIpc) is 3.38. The van der Waals surface area contributed by atoms with Crippen molar-refractivity contribution in [1.82, 2.24) is 20.6 Å². The second-order valence-corrected chi connectivity index (χ2v) is 16.9. The van der Waals surface area contributed by atoms with Crippen molar-refractivity contribution >= 4 is 56.4 Å². The number of allylic oxidation sites excluding steroid dienone is 8. The van der Waals surface area contributed by atoms with Crippen LogP contribution < -0.4 is 16.0 Å². The molecule has 5 aliphatic rings. The van der Waals surface area contributed by atoms with Gasteiger partial charge in [0.2, 0.25) is 0 Å². The molecule has 5 aromatic carbocycles. The number of dihydropyridines is 1. The summed E-state index contributed by atoms with van der Waals surface area (Å²) in [6, 6.07) is 50.8. The first kappa shape index (κ1) is 37.7. The van der Waals surface area contributed by atoms with E-state index in [1.807, 2.05) is 18.2 Å². The molecule has 4 unspecified atom stereocenters. The van der Waals surface area contributed by atoms with Gasteiger partial charge in [0.05, 0.1) is 46.2 Å². The molecule has 7 aromatic rings. The van der Waals surface area contributed by atoms with Crippen molar-refractivity contribution in [2.75, 3.05) is 5.32 Å². The quantitative estimate of drug-likeness (QED) is 0.140. The summed E-state index contributed by atoms with van der Waals surface area (Å²) in [6.07, 6.45) is 26.0. The largest absolute Gasteiger partial charge is 0.376 e. The number of anilines is 1. The molecule has 5 heterocycles. The third kappa shape index (κ3) is 7.19. The molecule has 2 aromatic heterocycles. The normalized spacial score (nSPS) is 20.9. The van der Waals surface area contributed by atoms with Crippen molar-refractivity contribution in [2.24, 2.45) is 10.9 Å². The summed E-state index contributed by atoms with van der Waals surface area (Å²) in [7, 11) is 0. The van der Waals surface area contributed by atoms with Crippen molar-refractivity contribution < 1.29 is 0 Å². The van der Waals surface area contributed by atoms with E-state index in [0.29, 0.717) is 0 Å². The van der Waals surface area contributed by atoms with Gasteiger partial charge in [-0.2, -0.15) is 0 Å². The third-order valence-electron chi connectivity index (χ3n) is 12.9. The maximum atomic E-state index is 5.22. The molecular formula is C58H44N6. The van der Waals surface area contributed by atoms with Gasteiger partial charge in [0, 0.05) is 39.2 Å². The number of pyridine rings is 2. The Hall–Kier alpha value is -8.09. The van der Waals surface area contributed by atoms with E-state index in [2.05, 4.69) is 210 Å². The van der Waals surface area contributed by atoms with Gasteiger partial charge >= 0.3 is 0 Å². The van der Waals surface area contributed by atoms with Crippen LogP contribution in [-0.2, 0) is 0 Å². The highest BCUT2D eigenvalue weighted by Crippen LogP contribution is 2.36. The van der Waals surface area contributed by atoms with Crippen LogP contribution in [0.15, 0.2) is 222 Å². The second kappa shape index (κ2) is 16.0. The van der Waals surface area contributed by atoms with Gasteiger partial charge in [0.1, 0.15) is 5.84 Å². The molecule has 3 aliphatic heterocycles. The summed E-state index contributed by atoms with van der Waals surface area (Å²) in [5.41, 5.74) is 16.3. The zero-order valence-corrected chi connectivity index (χ0v) is 35.1.